The summed E-state index contributed by atoms with van der Waals surface area (Å²) < 4.78 is 33.5. The van der Waals surface area contributed by atoms with Gasteiger partial charge in [-0.25, -0.2) is 9.59 Å². The van der Waals surface area contributed by atoms with Crippen molar-refractivity contribution in [3.8, 4) is 0 Å². The average Bonchev–Trinajstić information content (AvgIpc) is 2.94. The molecule has 2 saturated heterocycles. The van der Waals surface area contributed by atoms with Crippen molar-refractivity contribution in [1.82, 2.24) is 10.6 Å². The first-order chi connectivity index (χ1) is 21.6. The number of ether oxygens (including phenoxy) is 6. The molecular formula is C28H52N4O15. The van der Waals surface area contributed by atoms with E-state index >= 15 is 0 Å². The van der Waals surface area contributed by atoms with E-state index in [1.165, 1.54) is 0 Å². The summed E-state index contributed by atoms with van der Waals surface area (Å²) in [4.78, 5) is 24.9. The topological polar surface area (TPSA) is 307 Å². The summed E-state index contributed by atoms with van der Waals surface area (Å²) in [6.45, 7) is 8.79. The van der Waals surface area contributed by atoms with Crippen LogP contribution in [0, 0.1) is 0 Å². The third kappa shape index (κ3) is 10.3. The van der Waals surface area contributed by atoms with E-state index in [2.05, 4.69) is 10.6 Å². The summed E-state index contributed by atoms with van der Waals surface area (Å²) in [5.74, 6) is 0. The fraction of sp³-hybridized carbons (Fsp3) is 0.929. The predicted molar refractivity (Wildman–Crippen MR) is 158 cm³/mol. The van der Waals surface area contributed by atoms with Gasteiger partial charge in [0, 0.05) is 12.6 Å². The minimum Gasteiger partial charge on any atom is -0.444 e. The number of hydrogen-bond donors (Lipinski definition) is 11. The first kappa shape index (κ1) is 39.5. The maximum Gasteiger partial charge on any atom is 0.407 e. The van der Waals surface area contributed by atoms with Crippen LogP contribution in [-0.2, 0) is 28.4 Å². The monoisotopic (exact) mass is 684 g/mol. The summed E-state index contributed by atoms with van der Waals surface area (Å²) in [7, 11) is 0. The van der Waals surface area contributed by atoms with Gasteiger partial charge in [0.2, 0.25) is 0 Å². The molecule has 3 aliphatic rings. The molecule has 0 spiro atoms. The molecule has 0 aromatic carbocycles. The van der Waals surface area contributed by atoms with Crippen LogP contribution in [0.25, 0.3) is 0 Å². The molecule has 0 aromatic heterocycles. The van der Waals surface area contributed by atoms with Crippen LogP contribution >= 0.6 is 0 Å². The minimum absolute atomic E-state index is 0.135. The molecule has 0 bridgehead atoms. The molecule has 19 heteroatoms. The highest BCUT2D eigenvalue weighted by Gasteiger charge is 2.53. The fourth-order valence-corrected chi connectivity index (χ4v) is 5.43. The lowest BCUT2D eigenvalue weighted by Crippen LogP contribution is -2.69. The van der Waals surface area contributed by atoms with Crippen molar-refractivity contribution >= 4 is 12.2 Å². The second kappa shape index (κ2) is 15.7. The number of hydrogen-bond acceptors (Lipinski definition) is 17. The van der Waals surface area contributed by atoms with E-state index in [4.69, 9.17) is 39.9 Å². The Balaban J connectivity index is 1.84. The highest BCUT2D eigenvalue weighted by atomic mass is 16.7. The van der Waals surface area contributed by atoms with E-state index in [1.807, 2.05) is 0 Å². The van der Waals surface area contributed by atoms with Crippen molar-refractivity contribution in [2.45, 2.75) is 151 Å². The highest BCUT2D eigenvalue weighted by Crippen LogP contribution is 2.32. The van der Waals surface area contributed by atoms with Gasteiger partial charge in [-0.15, -0.1) is 0 Å². The molecule has 2 amide bonds. The van der Waals surface area contributed by atoms with Crippen molar-refractivity contribution < 1.29 is 73.8 Å². The average molecular weight is 685 g/mol. The van der Waals surface area contributed by atoms with Gasteiger partial charge in [-0.2, -0.15) is 0 Å². The molecule has 274 valence electrons. The largest absolute Gasteiger partial charge is 0.444 e. The van der Waals surface area contributed by atoms with Gasteiger partial charge in [-0.1, -0.05) is 0 Å². The molecule has 19 nitrogen and oxygen atoms in total. The Hall–Kier alpha value is -1.98. The zero-order valence-electron chi connectivity index (χ0n) is 27.3. The lowest BCUT2D eigenvalue weighted by atomic mass is 9.83. The Kier molecular flexibility index (Phi) is 13.2. The van der Waals surface area contributed by atoms with Crippen LogP contribution in [0.2, 0.25) is 0 Å². The van der Waals surface area contributed by atoms with E-state index in [9.17, 15) is 45.3 Å². The van der Waals surface area contributed by atoms with Crippen LogP contribution in [0.15, 0.2) is 0 Å². The number of carbonyl (C=O) groups excluding carboxylic acids is 2. The molecule has 1 saturated carbocycles. The van der Waals surface area contributed by atoms with E-state index < -0.39 is 122 Å². The predicted octanol–water partition coefficient (Wildman–Crippen LogP) is -4.16. The van der Waals surface area contributed by atoms with Crippen LogP contribution in [0.3, 0.4) is 0 Å². The number of rotatable bonds is 8. The number of aliphatic hydroxyl groups excluding tert-OH is 7. The zero-order valence-corrected chi connectivity index (χ0v) is 27.3. The van der Waals surface area contributed by atoms with E-state index in [0.717, 1.165) is 0 Å². The maximum absolute atomic E-state index is 12.8. The molecule has 9 unspecified atom stereocenters. The Morgan fingerprint density at radius 2 is 1.26 bits per heavy atom. The third-order valence-corrected chi connectivity index (χ3v) is 7.75. The lowest BCUT2D eigenvalue weighted by Gasteiger charge is -2.48. The molecule has 3 fully saturated rings. The molecule has 13 N–H and O–H groups in total. The maximum atomic E-state index is 12.8. The van der Waals surface area contributed by atoms with Crippen molar-refractivity contribution in [3.05, 3.63) is 0 Å². The van der Waals surface area contributed by atoms with Crippen LogP contribution in [0.4, 0.5) is 9.59 Å². The van der Waals surface area contributed by atoms with Crippen LogP contribution in [0.1, 0.15) is 48.0 Å². The number of alkyl carbamates (subject to hydrolysis) is 2. The smallest absolute Gasteiger partial charge is 0.407 e. The standard InChI is InChI=1S/C28H52N4O15/c1-27(2,3)46-25(40)31-8-12-16(35)18(37)19(38)24(42-12)45-22-11(32-26(41)47-28(4,5)6)7-10(29)21(20(22)39)44-23-17(36)14(30)15(34)13(9-33)43-23/h10-24,33-39H,7-9,29-30H2,1-6H3,(H,31,40)(H,32,41)/t10-,11?,12?,13?,14?,15-,16-,17?,18?,19?,20?,21?,22-,23-,24-/m1/s1. The summed E-state index contributed by atoms with van der Waals surface area (Å²) in [6.07, 6.45) is -20.8. The van der Waals surface area contributed by atoms with Gasteiger partial charge in [-0.05, 0) is 48.0 Å². The summed E-state index contributed by atoms with van der Waals surface area (Å²) in [6, 6.07) is -3.45. The Morgan fingerprint density at radius 3 is 1.83 bits per heavy atom. The van der Waals surface area contributed by atoms with Crippen LogP contribution in [0.5, 0.6) is 0 Å². The van der Waals surface area contributed by atoms with Gasteiger partial charge in [0.15, 0.2) is 12.6 Å². The number of nitrogens with one attached hydrogen (secondary N) is 2. The Bertz CT molecular complexity index is 1040. The molecule has 0 radical (unpaired) electrons. The Labute approximate surface area is 272 Å². The number of carbonyl (C=O) groups is 2. The zero-order chi connectivity index (χ0) is 35.6. The van der Waals surface area contributed by atoms with E-state index in [1.54, 1.807) is 41.5 Å². The first-order valence-electron chi connectivity index (χ1n) is 15.4. The highest BCUT2D eigenvalue weighted by molar-refractivity contribution is 5.68. The van der Waals surface area contributed by atoms with Gasteiger partial charge in [0.05, 0.1) is 18.7 Å². The first-order valence-corrected chi connectivity index (χ1v) is 15.4. The molecule has 0 aromatic rings. The van der Waals surface area contributed by atoms with Crippen molar-refractivity contribution in [2.75, 3.05) is 13.2 Å². The molecular weight excluding hydrogens is 632 g/mol. The van der Waals surface area contributed by atoms with Crippen LogP contribution < -0.4 is 22.1 Å². The van der Waals surface area contributed by atoms with E-state index in [-0.39, 0.29) is 13.0 Å². The molecule has 1 aliphatic carbocycles. The normalized spacial score (nSPS) is 41.6. The molecule has 2 heterocycles. The van der Waals surface area contributed by atoms with Gasteiger partial charge in [0.1, 0.15) is 72.2 Å². The van der Waals surface area contributed by atoms with Gasteiger partial charge >= 0.3 is 12.2 Å². The number of amides is 2. The molecule has 47 heavy (non-hydrogen) atoms. The Morgan fingerprint density at radius 1 is 0.723 bits per heavy atom. The van der Waals surface area contributed by atoms with E-state index in [0.29, 0.717) is 0 Å². The molecule has 15 atom stereocenters. The number of aliphatic hydroxyl groups is 7. The third-order valence-electron chi connectivity index (χ3n) is 7.75. The van der Waals surface area contributed by atoms with Crippen molar-refractivity contribution in [1.29, 1.82) is 0 Å². The molecule has 3 rings (SSSR count). The van der Waals surface area contributed by atoms with Gasteiger partial charge in [-0.3, -0.25) is 0 Å². The minimum atomic E-state index is -1.87. The fourth-order valence-electron chi connectivity index (χ4n) is 5.43. The van der Waals surface area contributed by atoms with Crippen molar-refractivity contribution in [2.24, 2.45) is 11.5 Å². The lowest BCUT2D eigenvalue weighted by molar-refractivity contribution is -0.333. The quantitative estimate of drug-likeness (QED) is 0.116. The second-order valence-corrected chi connectivity index (χ2v) is 14.0. The van der Waals surface area contributed by atoms with Crippen molar-refractivity contribution in [3.63, 3.8) is 0 Å². The molecule has 2 aliphatic heterocycles. The second-order valence-electron chi connectivity index (χ2n) is 14.0. The summed E-state index contributed by atoms with van der Waals surface area (Å²) in [5, 5.41) is 78.9. The van der Waals surface area contributed by atoms with Crippen LogP contribution in [-0.4, -0.2) is 164 Å². The SMILES string of the molecule is CC(C)(C)OC(=O)NCC1O[C@H](O[C@@H]2C(NC(=O)OC(C)(C)C)C[C@@H](N)C(O[C@H]3OC(CO)[C@@H](O)C(N)C3O)C2O)C(O)C(O)[C@@H]1O. The summed E-state index contributed by atoms with van der Waals surface area (Å²) >= 11 is 0. The van der Waals surface area contributed by atoms with Gasteiger partial charge in [0.25, 0.3) is 0 Å². The summed E-state index contributed by atoms with van der Waals surface area (Å²) in [5.41, 5.74) is 10.5. The van der Waals surface area contributed by atoms with Gasteiger partial charge < -0.3 is 86.3 Å². The number of nitrogens with two attached hydrogens (primary N) is 2.